The molecule has 2 saturated carbocycles. The Labute approximate surface area is 204 Å². The predicted octanol–water partition coefficient (Wildman–Crippen LogP) is 6.51. The van der Waals surface area contributed by atoms with Gasteiger partial charge in [0.15, 0.2) is 5.78 Å². The van der Waals surface area contributed by atoms with Gasteiger partial charge in [-0.3, -0.25) is 4.79 Å². The molecule has 1 aromatic rings. The topological polar surface area (TPSA) is 57.5 Å². The van der Waals surface area contributed by atoms with Crippen LogP contribution in [-0.4, -0.2) is 28.2 Å². The molecule has 0 saturated heterocycles. The highest BCUT2D eigenvalue weighted by Gasteiger charge is 2.63. The summed E-state index contributed by atoms with van der Waals surface area (Å²) in [5.41, 5.74) is 7.06. The van der Waals surface area contributed by atoms with Crippen molar-refractivity contribution in [2.45, 2.75) is 89.6 Å². The molecular formula is C31H40O3. The van der Waals surface area contributed by atoms with E-state index in [0.29, 0.717) is 31.1 Å². The zero-order valence-electron chi connectivity index (χ0n) is 20.9. The Morgan fingerprint density at radius 1 is 1.15 bits per heavy atom. The molecule has 2 N–H and O–H groups in total. The van der Waals surface area contributed by atoms with E-state index >= 15 is 0 Å². The second kappa shape index (κ2) is 8.91. The van der Waals surface area contributed by atoms with Crippen LogP contribution in [0.1, 0.15) is 95.1 Å². The number of carbonyl (C=O) groups excluding carboxylic acids is 1. The van der Waals surface area contributed by atoms with E-state index in [-0.39, 0.29) is 23.7 Å². The average molecular weight is 461 g/mol. The first kappa shape index (κ1) is 23.8. The summed E-state index contributed by atoms with van der Waals surface area (Å²) in [7, 11) is 0. The van der Waals surface area contributed by atoms with E-state index in [1.54, 1.807) is 5.57 Å². The van der Waals surface area contributed by atoms with Crippen LogP contribution in [0, 0.1) is 17.3 Å². The molecule has 34 heavy (non-hydrogen) atoms. The molecule has 0 unspecified atom stereocenters. The molecule has 0 radical (unpaired) electrons. The standard InChI is InChI=1S/C31H40O3/c1-4-30-19-27(22-8-6-21(7-9-22)20(2)3)29-25-13-11-24(33)18-23(25)10-12-26(29)28(30)14-16-31(30,34)15-5-17-32/h6-9,18,26-28,32,34H,2,4-5,10-17,19H2,1,3H3/t26-,27+,28-,30-,31-/m0/s1. The number of benzene rings is 1. The van der Waals surface area contributed by atoms with Crippen molar-refractivity contribution in [3.63, 3.8) is 0 Å². The fraction of sp³-hybridized carbons (Fsp3) is 0.581. The van der Waals surface area contributed by atoms with E-state index in [4.69, 9.17) is 0 Å². The van der Waals surface area contributed by atoms with Crippen molar-refractivity contribution in [2.75, 3.05) is 6.61 Å². The molecule has 2 fully saturated rings. The summed E-state index contributed by atoms with van der Waals surface area (Å²) >= 11 is 0. The fourth-order valence-corrected chi connectivity index (χ4v) is 8.34. The molecule has 0 amide bonds. The number of carbonyl (C=O) groups is 1. The summed E-state index contributed by atoms with van der Waals surface area (Å²) < 4.78 is 0. The lowest BCUT2D eigenvalue weighted by molar-refractivity contribution is -0.115. The fourth-order valence-electron chi connectivity index (χ4n) is 8.34. The number of hydrogen-bond donors (Lipinski definition) is 2. The molecule has 0 bridgehead atoms. The third-order valence-corrected chi connectivity index (χ3v) is 9.94. The Morgan fingerprint density at radius 3 is 2.59 bits per heavy atom. The molecule has 3 nitrogen and oxygen atoms in total. The highest BCUT2D eigenvalue weighted by molar-refractivity contribution is 5.93. The van der Waals surface area contributed by atoms with E-state index in [9.17, 15) is 15.0 Å². The minimum atomic E-state index is -0.708. The Hall–Kier alpha value is -1.97. The minimum Gasteiger partial charge on any atom is -0.396 e. The van der Waals surface area contributed by atoms with Gasteiger partial charge in [-0.2, -0.15) is 0 Å². The lowest BCUT2D eigenvalue weighted by Gasteiger charge is -2.56. The van der Waals surface area contributed by atoms with Crippen LogP contribution in [-0.2, 0) is 4.79 Å². The summed E-state index contributed by atoms with van der Waals surface area (Å²) in [6.07, 6.45) is 10.7. The van der Waals surface area contributed by atoms with Gasteiger partial charge in [0.05, 0.1) is 5.60 Å². The Morgan fingerprint density at radius 2 is 1.91 bits per heavy atom. The maximum absolute atomic E-state index is 12.2. The molecule has 0 aliphatic heterocycles. The smallest absolute Gasteiger partial charge is 0.156 e. The van der Waals surface area contributed by atoms with Crippen LogP contribution in [0.2, 0.25) is 0 Å². The molecule has 5 atom stereocenters. The van der Waals surface area contributed by atoms with Crippen LogP contribution in [0.3, 0.4) is 0 Å². The third kappa shape index (κ3) is 3.58. The van der Waals surface area contributed by atoms with Gasteiger partial charge in [-0.05, 0) is 105 Å². The number of allylic oxidation sites excluding steroid dienone is 5. The van der Waals surface area contributed by atoms with Crippen molar-refractivity contribution in [3.8, 4) is 0 Å². The summed E-state index contributed by atoms with van der Waals surface area (Å²) in [6.45, 7) is 8.56. The molecule has 4 aliphatic rings. The molecule has 182 valence electrons. The molecule has 1 aromatic carbocycles. The zero-order valence-corrected chi connectivity index (χ0v) is 20.9. The van der Waals surface area contributed by atoms with Crippen LogP contribution in [0.4, 0.5) is 0 Å². The lowest BCUT2D eigenvalue weighted by Crippen LogP contribution is -2.53. The van der Waals surface area contributed by atoms with E-state index in [0.717, 1.165) is 50.5 Å². The normalized spacial score (nSPS) is 34.9. The first-order chi connectivity index (χ1) is 16.3. The van der Waals surface area contributed by atoms with Gasteiger partial charge in [-0.1, -0.05) is 48.9 Å². The van der Waals surface area contributed by atoms with Crippen LogP contribution in [0.15, 0.2) is 53.6 Å². The van der Waals surface area contributed by atoms with Gasteiger partial charge in [-0.25, -0.2) is 0 Å². The van der Waals surface area contributed by atoms with Gasteiger partial charge < -0.3 is 10.2 Å². The summed E-state index contributed by atoms with van der Waals surface area (Å²) in [6, 6.07) is 8.94. The molecule has 3 heteroatoms. The second-order valence-corrected chi connectivity index (χ2v) is 11.4. The van der Waals surface area contributed by atoms with Gasteiger partial charge in [0.2, 0.25) is 0 Å². The summed E-state index contributed by atoms with van der Waals surface area (Å²) in [5, 5.41) is 21.7. The second-order valence-electron chi connectivity index (χ2n) is 11.4. The van der Waals surface area contributed by atoms with E-state index in [1.807, 2.05) is 13.0 Å². The van der Waals surface area contributed by atoms with Crippen LogP contribution in [0.5, 0.6) is 0 Å². The molecule has 4 aliphatic carbocycles. The largest absolute Gasteiger partial charge is 0.396 e. The molecule has 0 aromatic heterocycles. The van der Waals surface area contributed by atoms with Gasteiger partial charge >= 0.3 is 0 Å². The quantitative estimate of drug-likeness (QED) is 0.508. The summed E-state index contributed by atoms with van der Waals surface area (Å²) in [5.74, 6) is 1.50. The lowest BCUT2D eigenvalue weighted by atomic mass is 9.49. The van der Waals surface area contributed by atoms with Crippen LogP contribution < -0.4 is 0 Å². The number of aliphatic hydroxyl groups excluding tert-OH is 1. The number of ketones is 1. The third-order valence-electron chi connectivity index (χ3n) is 9.94. The monoisotopic (exact) mass is 460 g/mol. The van der Waals surface area contributed by atoms with E-state index in [2.05, 4.69) is 37.8 Å². The predicted molar refractivity (Wildman–Crippen MR) is 137 cm³/mol. The highest BCUT2D eigenvalue weighted by atomic mass is 16.3. The zero-order chi connectivity index (χ0) is 24.1. The van der Waals surface area contributed by atoms with Crippen molar-refractivity contribution in [1.82, 2.24) is 0 Å². The van der Waals surface area contributed by atoms with Crippen molar-refractivity contribution in [2.24, 2.45) is 17.3 Å². The van der Waals surface area contributed by atoms with Gasteiger partial charge in [0.25, 0.3) is 0 Å². The maximum atomic E-state index is 12.2. The van der Waals surface area contributed by atoms with Gasteiger partial charge in [0.1, 0.15) is 0 Å². The first-order valence-corrected chi connectivity index (χ1v) is 13.4. The minimum absolute atomic E-state index is 0.125. The average Bonchev–Trinajstić information content (AvgIpc) is 3.14. The van der Waals surface area contributed by atoms with Gasteiger partial charge in [-0.15, -0.1) is 0 Å². The van der Waals surface area contributed by atoms with Crippen LogP contribution in [0.25, 0.3) is 5.57 Å². The number of hydrogen-bond acceptors (Lipinski definition) is 3. The summed E-state index contributed by atoms with van der Waals surface area (Å²) in [4.78, 5) is 12.2. The Bertz CT molecular complexity index is 1040. The molecule has 0 spiro atoms. The maximum Gasteiger partial charge on any atom is 0.156 e. The number of aliphatic hydroxyl groups is 2. The van der Waals surface area contributed by atoms with E-state index < -0.39 is 5.60 Å². The van der Waals surface area contributed by atoms with Crippen LogP contribution >= 0.6 is 0 Å². The number of fused-ring (bicyclic) bond motifs is 4. The highest BCUT2D eigenvalue weighted by Crippen LogP contribution is 2.68. The molecule has 0 heterocycles. The molecular weight excluding hydrogens is 420 g/mol. The SMILES string of the molecule is C=C(C)c1ccc([C@H]2C[C@@]3(CC)[C@@H](CC[C@@]3(O)CCCO)[C@@H]3CCC4=CC(=O)CCC4=C32)cc1. The Kier molecular flexibility index (Phi) is 6.23. The number of rotatable bonds is 6. The van der Waals surface area contributed by atoms with Crippen molar-refractivity contribution >= 4 is 11.4 Å². The van der Waals surface area contributed by atoms with Crippen molar-refractivity contribution in [1.29, 1.82) is 0 Å². The van der Waals surface area contributed by atoms with Crippen molar-refractivity contribution in [3.05, 3.63) is 64.8 Å². The Balaban J connectivity index is 1.66. The van der Waals surface area contributed by atoms with Gasteiger partial charge in [0, 0.05) is 24.4 Å². The van der Waals surface area contributed by atoms with E-state index in [1.165, 1.54) is 22.3 Å². The first-order valence-electron chi connectivity index (χ1n) is 13.4. The van der Waals surface area contributed by atoms with Crippen molar-refractivity contribution < 1.29 is 15.0 Å². The molecule has 5 rings (SSSR count).